The highest BCUT2D eigenvalue weighted by Gasteiger charge is 2.19. The number of carbonyl (C=O) groups is 1. The van der Waals surface area contributed by atoms with Crippen LogP contribution in [0.4, 0.5) is 0 Å². The minimum atomic E-state index is -0.211. The van der Waals surface area contributed by atoms with Gasteiger partial charge in [0.1, 0.15) is 23.0 Å². The fourth-order valence-corrected chi connectivity index (χ4v) is 2.92. The van der Waals surface area contributed by atoms with Crippen LogP contribution in [0.1, 0.15) is 17.5 Å². The first-order valence-corrected chi connectivity index (χ1v) is 8.54. The average Bonchev–Trinajstić information content (AvgIpc) is 3.00. The second kappa shape index (κ2) is 8.06. The highest BCUT2D eigenvalue weighted by atomic mass is 35.5. The summed E-state index contributed by atoms with van der Waals surface area (Å²) in [5.74, 6) is 1.85. The maximum Gasteiger partial charge on any atom is 0.275 e. The average molecular weight is 371 g/mol. The predicted molar refractivity (Wildman–Crippen MR) is 103 cm³/mol. The summed E-state index contributed by atoms with van der Waals surface area (Å²) in [5, 5.41) is 3.30. The van der Waals surface area contributed by atoms with Crippen molar-refractivity contribution >= 4 is 29.4 Å². The summed E-state index contributed by atoms with van der Waals surface area (Å²) in [7, 11) is 3.20. The molecular formula is C20H19ClN2O3. The molecule has 0 radical (unpaired) electrons. The lowest BCUT2D eigenvalue weighted by atomic mass is 10.1. The van der Waals surface area contributed by atoms with E-state index < -0.39 is 0 Å². The third-order valence-electron chi connectivity index (χ3n) is 4.01. The number of aliphatic imine (C=N–C) groups is 1. The smallest absolute Gasteiger partial charge is 0.275 e. The monoisotopic (exact) mass is 370 g/mol. The quantitative estimate of drug-likeness (QED) is 0.785. The van der Waals surface area contributed by atoms with Crippen LogP contribution >= 0.6 is 11.6 Å². The van der Waals surface area contributed by atoms with Gasteiger partial charge in [-0.1, -0.05) is 29.8 Å². The van der Waals surface area contributed by atoms with Crippen molar-refractivity contribution in [1.29, 1.82) is 0 Å². The SMILES string of the molecule is COc1cccc(CCC2=N/C(=C/c3ccc(OC)c(Cl)c3)C(=O)N2)c1. The Bertz CT molecular complexity index is 890. The molecule has 1 aliphatic heterocycles. The number of ether oxygens (including phenoxy) is 2. The van der Waals surface area contributed by atoms with E-state index in [9.17, 15) is 4.79 Å². The molecule has 134 valence electrons. The van der Waals surface area contributed by atoms with Crippen LogP contribution in [0.2, 0.25) is 5.02 Å². The van der Waals surface area contributed by atoms with Crippen LogP contribution in [0.25, 0.3) is 6.08 Å². The first kappa shape index (κ1) is 18.0. The van der Waals surface area contributed by atoms with Crippen LogP contribution in [-0.4, -0.2) is 26.0 Å². The van der Waals surface area contributed by atoms with E-state index in [1.165, 1.54) is 0 Å². The predicted octanol–water partition coefficient (Wildman–Crippen LogP) is 3.86. The Morgan fingerprint density at radius 2 is 1.96 bits per heavy atom. The molecule has 1 aliphatic rings. The number of hydrogen-bond donors (Lipinski definition) is 1. The van der Waals surface area contributed by atoms with Crippen LogP contribution in [0, 0.1) is 0 Å². The molecule has 0 aliphatic carbocycles. The fraction of sp³-hybridized carbons (Fsp3) is 0.200. The van der Waals surface area contributed by atoms with Crippen LogP contribution < -0.4 is 14.8 Å². The van der Waals surface area contributed by atoms with Crippen molar-refractivity contribution in [3.05, 3.63) is 64.3 Å². The van der Waals surface area contributed by atoms with E-state index >= 15 is 0 Å². The van der Waals surface area contributed by atoms with E-state index in [-0.39, 0.29) is 5.91 Å². The first-order chi connectivity index (χ1) is 12.6. The van der Waals surface area contributed by atoms with Crippen molar-refractivity contribution < 1.29 is 14.3 Å². The van der Waals surface area contributed by atoms with Crippen molar-refractivity contribution in [2.24, 2.45) is 4.99 Å². The van der Waals surface area contributed by atoms with E-state index in [1.807, 2.05) is 30.3 Å². The van der Waals surface area contributed by atoms with E-state index in [1.54, 1.807) is 32.4 Å². The topological polar surface area (TPSA) is 59.9 Å². The second-order valence-electron chi connectivity index (χ2n) is 5.79. The van der Waals surface area contributed by atoms with Gasteiger partial charge in [-0.05, 0) is 47.9 Å². The molecule has 0 unspecified atom stereocenters. The van der Waals surface area contributed by atoms with Gasteiger partial charge in [-0.2, -0.15) is 0 Å². The molecule has 1 heterocycles. The third-order valence-corrected chi connectivity index (χ3v) is 4.31. The van der Waals surface area contributed by atoms with Gasteiger partial charge in [-0.15, -0.1) is 0 Å². The van der Waals surface area contributed by atoms with Gasteiger partial charge in [-0.25, -0.2) is 4.99 Å². The summed E-state index contributed by atoms with van der Waals surface area (Å²) >= 11 is 6.12. The standard InChI is InChI=1S/C20H19ClN2O3/c1-25-15-5-3-4-13(10-15)7-9-19-22-17(20(24)23-19)12-14-6-8-18(26-2)16(21)11-14/h3-6,8,10-12H,7,9H2,1-2H3,(H,22,23,24)/b17-12+. The van der Waals surface area contributed by atoms with Crippen LogP contribution in [0.3, 0.4) is 0 Å². The maximum atomic E-state index is 12.1. The fourth-order valence-electron chi connectivity index (χ4n) is 2.66. The summed E-state index contributed by atoms with van der Waals surface area (Å²) in [6.07, 6.45) is 3.11. The summed E-state index contributed by atoms with van der Waals surface area (Å²) in [6, 6.07) is 13.2. The third kappa shape index (κ3) is 4.24. The van der Waals surface area contributed by atoms with Crippen molar-refractivity contribution in [3.63, 3.8) is 0 Å². The second-order valence-corrected chi connectivity index (χ2v) is 6.19. The molecule has 2 aromatic carbocycles. The molecule has 0 aromatic heterocycles. The van der Waals surface area contributed by atoms with E-state index in [0.717, 1.165) is 23.3 Å². The Hall–Kier alpha value is -2.79. The van der Waals surface area contributed by atoms with E-state index in [4.69, 9.17) is 21.1 Å². The van der Waals surface area contributed by atoms with Crippen LogP contribution in [-0.2, 0) is 11.2 Å². The van der Waals surface area contributed by atoms with Gasteiger partial charge >= 0.3 is 0 Å². The molecule has 6 heteroatoms. The lowest BCUT2D eigenvalue weighted by Crippen LogP contribution is -2.24. The molecule has 2 aromatic rings. The number of benzene rings is 2. The highest BCUT2D eigenvalue weighted by Crippen LogP contribution is 2.26. The minimum Gasteiger partial charge on any atom is -0.497 e. The summed E-state index contributed by atoms with van der Waals surface area (Å²) in [4.78, 5) is 16.5. The molecule has 1 N–H and O–H groups in total. The number of hydrogen-bond acceptors (Lipinski definition) is 4. The van der Waals surface area contributed by atoms with Gasteiger partial charge in [0.05, 0.1) is 19.2 Å². The van der Waals surface area contributed by atoms with Crippen molar-refractivity contribution in [3.8, 4) is 11.5 Å². The van der Waals surface area contributed by atoms with Gasteiger partial charge in [0.25, 0.3) is 5.91 Å². The molecule has 5 nitrogen and oxygen atoms in total. The highest BCUT2D eigenvalue weighted by molar-refractivity contribution is 6.32. The van der Waals surface area contributed by atoms with Gasteiger partial charge in [0, 0.05) is 6.42 Å². The van der Waals surface area contributed by atoms with Gasteiger partial charge < -0.3 is 14.8 Å². The van der Waals surface area contributed by atoms with Crippen LogP contribution in [0.5, 0.6) is 11.5 Å². The van der Waals surface area contributed by atoms with E-state index in [2.05, 4.69) is 10.3 Å². The molecule has 0 saturated heterocycles. The van der Waals surface area contributed by atoms with Crippen LogP contribution in [0.15, 0.2) is 53.2 Å². The molecule has 0 bridgehead atoms. The number of amides is 1. The zero-order chi connectivity index (χ0) is 18.5. The Balaban J connectivity index is 1.71. The Morgan fingerprint density at radius 3 is 2.69 bits per heavy atom. The zero-order valence-corrected chi connectivity index (χ0v) is 15.3. The normalized spacial score (nSPS) is 15.0. The zero-order valence-electron chi connectivity index (χ0n) is 14.6. The Morgan fingerprint density at radius 1 is 1.12 bits per heavy atom. The molecule has 1 amide bonds. The first-order valence-electron chi connectivity index (χ1n) is 8.16. The molecule has 0 fully saturated rings. The number of nitrogens with one attached hydrogen (secondary N) is 1. The minimum absolute atomic E-state index is 0.211. The lowest BCUT2D eigenvalue weighted by Gasteiger charge is -2.04. The van der Waals surface area contributed by atoms with E-state index in [0.29, 0.717) is 28.7 Å². The molecular weight excluding hydrogens is 352 g/mol. The Labute approximate surface area is 157 Å². The number of rotatable bonds is 6. The summed E-state index contributed by atoms with van der Waals surface area (Å²) in [5.41, 5.74) is 2.28. The maximum absolute atomic E-state index is 12.1. The number of methoxy groups -OCH3 is 2. The van der Waals surface area contributed by atoms with Crippen molar-refractivity contribution in [2.45, 2.75) is 12.8 Å². The van der Waals surface area contributed by atoms with Crippen molar-refractivity contribution in [1.82, 2.24) is 5.32 Å². The molecule has 0 spiro atoms. The van der Waals surface area contributed by atoms with Gasteiger partial charge in [0.2, 0.25) is 0 Å². The molecule has 3 rings (SSSR count). The van der Waals surface area contributed by atoms with Gasteiger partial charge in [0.15, 0.2) is 0 Å². The summed E-state index contributed by atoms with van der Waals surface area (Å²) < 4.78 is 10.4. The molecule has 0 atom stereocenters. The number of aryl methyl sites for hydroxylation is 1. The van der Waals surface area contributed by atoms with Crippen molar-refractivity contribution in [2.75, 3.05) is 14.2 Å². The number of halogens is 1. The van der Waals surface area contributed by atoms with Gasteiger partial charge in [-0.3, -0.25) is 4.79 Å². The number of amidine groups is 1. The summed E-state index contributed by atoms with van der Waals surface area (Å²) in [6.45, 7) is 0. The lowest BCUT2D eigenvalue weighted by molar-refractivity contribution is -0.115. The number of carbonyl (C=O) groups excluding carboxylic acids is 1. The largest absolute Gasteiger partial charge is 0.497 e. The number of nitrogens with zero attached hydrogens (tertiary/aromatic N) is 1. The Kier molecular flexibility index (Phi) is 5.58. The molecule has 0 saturated carbocycles. The molecule has 26 heavy (non-hydrogen) atoms.